The molecular weight excluding hydrogens is 324 g/mol. The lowest BCUT2D eigenvalue weighted by atomic mass is 10.2. The molecule has 0 spiro atoms. The van der Waals surface area contributed by atoms with Crippen LogP contribution in [0.15, 0.2) is 48.9 Å². The molecule has 0 aliphatic carbocycles. The summed E-state index contributed by atoms with van der Waals surface area (Å²) < 4.78 is 3.07. The van der Waals surface area contributed by atoms with Crippen LogP contribution in [0, 0.1) is 10.1 Å². The van der Waals surface area contributed by atoms with Gasteiger partial charge in [-0.2, -0.15) is 10.2 Å². The Balaban J connectivity index is 1.82. The Morgan fingerprint density at radius 2 is 2.16 bits per heavy atom. The van der Waals surface area contributed by atoms with Gasteiger partial charge in [0.2, 0.25) is 5.69 Å². The summed E-state index contributed by atoms with van der Waals surface area (Å²) in [5, 5.41) is 21.8. The summed E-state index contributed by atoms with van der Waals surface area (Å²) in [6, 6.07) is 9.08. The number of nitrogens with one attached hydrogen (secondary N) is 1. The van der Waals surface area contributed by atoms with Crippen molar-refractivity contribution in [1.29, 1.82) is 0 Å². The third kappa shape index (κ3) is 3.55. The molecule has 0 fully saturated rings. The van der Waals surface area contributed by atoms with Crippen LogP contribution in [-0.4, -0.2) is 30.4 Å². The van der Waals surface area contributed by atoms with Crippen LogP contribution in [0.1, 0.15) is 23.0 Å². The van der Waals surface area contributed by atoms with Crippen molar-refractivity contribution < 1.29 is 9.72 Å². The van der Waals surface area contributed by atoms with Crippen molar-refractivity contribution >= 4 is 17.3 Å². The van der Waals surface area contributed by atoms with Crippen molar-refractivity contribution in [2.45, 2.75) is 20.0 Å². The van der Waals surface area contributed by atoms with Crippen molar-refractivity contribution in [2.24, 2.45) is 0 Å². The molecule has 0 unspecified atom stereocenters. The summed E-state index contributed by atoms with van der Waals surface area (Å²) in [7, 11) is 0. The zero-order chi connectivity index (χ0) is 17.8. The van der Waals surface area contributed by atoms with Crippen LogP contribution >= 0.6 is 0 Å². The summed E-state index contributed by atoms with van der Waals surface area (Å²) in [6.45, 7) is 2.68. The SMILES string of the molecule is CCn1ncc([N+](=O)[O-])c1C(=O)Nc1cccc(Cn2cccn2)c1. The highest BCUT2D eigenvalue weighted by atomic mass is 16.6. The molecule has 0 atom stereocenters. The maximum absolute atomic E-state index is 12.5. The minimum atomic E-state index is -0.609. The van der Waals surface area contributed by atoms with Gasteiger partial charge in [0.15, 0.2) is 0 Å². The average Bonchev–Trinajstić information content (AvgIpc) is 3.23. The van der Waals surface area contributed by atoms with E-state index in [1.807, 2.05) is 18.3 Å². The first-order chi connectivity index (χ1) is 12.1. The molecule has 9 nitrogen and oxygen atoms in total. The molecular formula is C16H16N6O3. The lowest BCUT2D eigenvalue weighted by Gasteiger charge is -2.08. The highest BCUT2D eigenvalue weighted by molar-refractivity contribution is 6.05. The van der Waals surface area contributed by atoms with E-state index in [9.17, 15) is 14.9 Å². The second-order valence-corrected chi connectivity index (χ2v) is 5.31. The van der Waals surface area contributed by atoms with Crippen LogP contribution in [0.4, 0.5) is 11.4 Å². The molecule has 0 aliphatic rings. The molecule has 0 saturated heterocycles. The number of rotatable bonds is 6. The summed E-state index contributed by atoms with van der Waals surface area (Å²) in [5.74, 6) is -0.567. The largest absolute Gasteiger partial charge is 0.320 e. The van der Waals surface area contributed by atoms with Gasteiger partial charge in [-0.25, -0.2) is 0 Å². The molecule has 0 saturated carbocycles. The highest BCUT2D eigenvalue weighted by Gasteiger charge is 2.26. The molecule has 1 N–H and O–H groups in total. The van der Waals surface area contributed by atoms with E-state index in [-0.39, 0.29) is 11.4 Å². The van der Waals surface area contributed by atoms with Gasteiger partial charge in [0.25, 0.3) is 5.91 Å². The van der Waals surface area contributed by atoms with Gasteiger partial charge in [0, 0.05) is 24.6 Å². The third-order valence-corrected chi connectivity index (χ3v) is 3.62. The monoisotopic (exact) mass is 340 g/mol. The number of aromatic nitrogens is 4. The summed E-state index contributed by atoms with van der Waals surface area (Å²) in [4.78, 5) is 23.0. The zero-order valence-corrected chi connectivity index (χ0v) is 13.5. The van der Waals surface area contributed by atoms with Gasteiger partial charge in [-0.3, -0.25) is 24.3 Å². The fourth-order valence-electron chi connectivity index (χ4n) is 2.50. The molecule has 1 amide bonds. The van der Waals surface area contributed by atoms with Crippen molar-refractivity contribution in [1.82, 2.24) is 19.6 Å². The number of benzene rings is 1. The minimum Gasteiger partial charge on any atom is -0.320 e. The molecule has 3 rings (SSSR count). The van der Waals surface area contributed by atoms with Crippen LogP contribution in [-0.2, 0) is 13.1 Å². The normalized spacial score (nSPS) is 10.6. The second kappa shape index (κ2) is 6.95. The first-order valence-electron chi connectivity index (χ1n) is 7.66. The van der Waals surface area contributed by atoms with Gasteiger partial charge in [0.1, 0.15) is 6.20 Å². The number of hydrogen-bond acceptors (Lipinski definition) is 5. The molecule has 2 aromatic heterocycles. The van der Waals surface area contributed by atoms with E-state index < -0.39 is 10.8 Å². The van der Waals surface area contributed by atoms with E-state index in [1.165, 1.54) is 4.68 Å². The van der Waals surface area contributed by atoms with Crippen LogP contribution < -0.4 is 5.32 Å². The first kappa shape index (κ1) is 16.4. The summed E-state index contributed by atoms with van der Waals surface area (Å²) in [5.41, 5.74) is 1.12. The minimum absolute atomic E-state index is 0.0648. The maximum Gasteiger partial charge on any atom is 0.320 e. The number of nitrogens with zero attached hydrogens (tertiary/aromatic N) is 5. The number of anilines is 1. The molecule has 0 bridgehead atoms. The van der Waals surface area contributed by atoms with Gasteiger partial charge in [-0.15, -0.1) is 0 Å². The quantitative estimate of drug-likeness (QED) is 0.547. The van der Waals surface area contributed by atoms with E-state index in [2.05, 4.69) is 15.5 Å². The maximum atomic E-state index is 12.5. The Labute approximate surface area is 143 Å². The number of amides is 1. The number of carbonyl (C=O) groups excluding carboxylic acids is 1. The van der Waals surface area contributed by atoms with E-state index >= 15 is 0 Å². The topological polar surface area (TPSA) is 108 Å². The lowest BCUT2D eigenvalue weighted by Crippen LogP contribution is -2.19. The smallest absolute Gasteiger partial charge is 0.320 e. The molecule has 25 heavy (non-hydrogen) atoms. The number of aryl methyl sites for hydroxylation is 1. The van der Waals surface area contributed by atoms with Crippen LogP contribution in [0.2, 0.25) is 0 Å². The fourth-order valence-corrected chi connectivity index (χ4v) is 2.50. The standard InChI is InChI=1S/C16H16N6O3/c1-2-21-15(14(10-18-21)22(24)25)16(23)19-13-6-3-5-12(9-13)11-20-8-4-7-17-20/h3-10H,2,11H2,1H3,(H,19,23). The number of nitro groups is 1. The molecule has 3 aromatic rings. The highest BCUT2D eigenvalue weighted by Crippen LogP contribution is 2.20. The number of carbonyl (C=O) groups is 1. The number of hydrogen-bond donors (Lipinski definition) is 1. The van der Waals surface area contributed by atoms with Gasteiger partial charge < -0.3 is 5.32 Å². The van der Waals surface area contributed by atoms with E-state index in [0.717, 1.165) is 11.8 Å². The van der Waals surface area contributed by atoms with Crippen molar-refractivity contribution in [2.75, 3.05) is 5.32 Å². The predicted octanol–water partition coefficient (Wildman–Crippen LogP) is 2.31. The Kier molecular flexibility index (Phi) is 4.55. The van der Waals surface area contributed by atoms with Gasteiger partial charge in [0.05, 0.1) is 11.5 Å². The van der Waals surface area contributed by atoms with Crippen LogP contribution in [0.25, 0.3) is 0 Å². The third-order valence-electron chi connectivity index (χ3n) is 3.62. The molecule has 0 aliphatic heterocycles. The van der Waals surface area contributed by atoms with Crippen molar-refractivity contribution in [3.8, 4) is 0 Å². The average molecular weight is 340 g/mol. The summed E-state index contributed by atoms with van der Waals surface area (Å²) >= 11 is 0. The molecule has 0 radical (unpaired) electrons. The Morgan fingerprint density at radius 1 is 1.32 bits per heavy atom. The Morgan fingerprint density at radius 3 is 2.84 bits per heavy atom. The Bertz CT molecular complexity index is 900. The molecule has 1 aromatic carbocycles. The molecule has 2 heterocycles. The zero-order valence-electron chi connectivity index (χ0n) is 13.5. The van der Waals surface area contributed by atoms with Crippen molar-refractivity contribution in [3.05, 3.63) is 70.3 Å². The molecule has 9 heteroatoms. The van der Waals surface area contributed by atoms with Crippen LogP contribution in [0.3, 0.4) is 0 Å². The fraction of sp³-hybridized carbons (Fsp3) is 0.188. The predicted molar refractivity (Wildman–Crippen MR) is 90.3 cm³/mol. The van der Waals surface area contributed by atoms with E-state index in [0.29, 0.717) is 18.8 Å². The summed E-state index contributed by atoms with van der Waals surface area (Å²) in [6.07, 6.45) is 4.62. The lowest BCUT2D eigenvalue weighted by molar-refractivity contribution is -0.385. The Hall–Kier alpha value is -3.49. The van der Waals surface area contributed by atoms with Gasteiger partial charge in [-0.05, 0) is 30.7 Å². The van der Waals surface area contributed by atoms with Crippen LogP contribution in [0.5, 0.6) is 0 Å². The van der Waals surface area contributed by atoms with E-state index in [1.54, 1.807) is 36.0 Å². The van der Waals surface area contributed by atoms with Crippen molar-refractivity contribution in [3.63, 3.8) is 0 Å². The second-order valence-electron chi connectivity index (χ2n) is 5.31. The van der Waals surface area contributed by atoms with E-state index in [4.69, 9.17) is 0 Å². The molecule has 128 valence electrons. The van der Waals surface area contributed by atoms with Gasteiger partial charge in [-0.1, -0.05) is 12.1 Å². The first-order valence-corrected chi connectivity index (χ1v) is 7.66. The van der Waals surface area contributed by atoms with Gasteiger partial charge >= 0.3 is 5.69 Å².